The minimum absolute atomic E-state index is 0.0898. The first-order valence-electron chi connectivity index (χ1n) is 5.34. The van der Waals surface area contributed by atoms with E-state index in [0.717, 1.165) is 11.1 Å². The molecule has 0 aliphatic carbocycles. The summed E-state index contributed by atoms with van der Waals surface area (Å²) in [6.07, 6.45) is -0.0898. The quantitative estimate of drug-likeness (QED) is 0.828. The lowest BCUT2D eigenvalue weighted by Crippen LogP contribution is -2.21. The van der Waals surface area contributed by atoms with Crippen LogP contribution in [0.4, 0.5) is 0 Å². The molecule has 0 aromatic heterocycles. The number of aliphatic hydroxyl groups excluding tert-OH is 1. The summed E-state index contributed by atoms with van der Waals surface area (Å²) in [7, 11) is 0. The van der Waals surface area contributed by atoms with Crippen molar-refractivity contribution in [2.45, 2.75) is 13.3 Å². The fourth-order valence-corrected chi connectivity index (χ4v) is 1.80. The average Bonchev–Trinajstić information content (AvgIpc) is 2.33. The maximum Gasteiger partial charge on any atom is 0.358 e. The molecule has 0 spiro atoms. The number of aliphatic hydroxyl groups is 1. The van der Waals surface area contributed by atoms with Crippen LogP contribution in [-0.2, 0) is 9.59 Å². The van der Waals surface area contributed by atoms with E-state index in [0.29, 0.717) is 5.71 Å². The van der Waals surface area contributed by atoms with Gasteiger partial charge in [-0.05, 0) is 18.1 Å². The van der Waals surface area contributed by atoms with E-state index >= 15 is 0 Å². The van der Waals surface area contributed by atoms with E-state index in [2.05, 4.69) is 4.99 Å². The summed E-state index contributed by atoms with van der Waals surface area (Å²) in [4.78, 5) is 26.3. The predicted octanol–water partition coefficient (Wildman–Crippen LogP) is 1.61. The Hall–Kier alpha value is -2.43. The van der Waals surface area contributed by atoms with Gasteiger partial charge < -0.3 is 10.2 Å². The Morgan fingerprint density at radius 3 is 2.61 bits per heavy atom. The molecular formula is C13H11NO4. The number of allylic oxidation sites excluding steroid dienone is 1. The second-order valence-electron chi connectivity index (χ2n) is 3.98. The zero-order valence-electron chi connectivity index (χ0n) is 9.67. The molecule has 1 heterocycles. The zero-order chi connectivity index (χ0) is 13.3. The van der Waals surface area contributed by atoms with Gasteiger partial charge in [0.05, 0.1) is 12.1 Å². The third-order valence-corrected chi connectivity index (χ3v) is 2.72. The number of carbonyl (C=O) groups excluding carboxylic acids is 1. The number of nitrogens with zero attached hydrogens (tertiary/aromatic N) is 1. The molecule has 1 aliphatic rings. The van der Waals surface area contributed by atoms with Gasteiger partial charge in [0.2, 0.25) is 5.78 Å². The number of carboxylic acids is 1. The number of carbonyl (C=O) groups is 2. The minimum Gasteiger partial charge on any atom is -0.503 e. The second kappa shape index (κ2) is 4.44. The molecule has 0 radical (unpaired) electrons. The predicted molar refractivity (Wildman–Crippen MR) is 64.6 cm³/mol. The normalized spacial score (nSPS) is 15.6. The van der Waals surface area contributed by atoms with E-state index in [1.807, 2.05) is 19.1 Å². The lowest BCUT2D eigenvalue weighted by Gasteiger charge is -2.14. The number of aryl methyl sites for hydroxylation is 1. The van der Waals surface area contributed by atoms with Crippen molar-refractivity contribution in [2.24, 2.45) is 4.99 Å². The molecule has 0 saturated carbocycles. The molecule has 18 heavy (non-hydrogen) atoms. The van der Waals surface area contributed by atoms with Crippen LogP contribution in [0.1, 0.15) is 17.5 Å². The number of rotatable bonds is 2. The van der Waals surface area contributed by atoms with Crippen LogP contribution < -0.4 is 0 Å². The van der Waals surface area contributed by atoms with Crippen LogP contribution in [0.15, 0.2) is 40.7 Å². The van der Waals surface area contributed by atoms with Gasteiger partial charge >= 0.3 is 5.97 Å². The number of hydrogen-bond acceptors (Lipinski definition) is 4. The highest BCUT2D eigenvalue weighted by Crippen LogP contribution is 2.20. The Labute approximate surface area is 103 Å². The summed E-state index contributed by atoms with van der Waals surface area (Å²) < 4.78 is 0. The fourth-order valence-electron chi connectivity index (χ4n) is 1.80. The van der Waals surface area contributed by atoms with Crippen molar-refractivity contribution in [3.8, 4) is 0 Å². The molecule has 0 unspecified atom stereocenters. The molecule has 2 rings (SSSR count). The van der Waals surface area contributed by atoms with Crippen molar-refractivity contribution in [1.82, 2.24) is 0 Å². The summed E-state index contributed by atoms with van der Waals surface area (Å²) in [6.45, 7) is 1.85. The maximum atomic E-state index is 11.6. The molecule has 0 amide bonds. The monoisotopic (exact) mass is 245 g/mol. The molecule has 0 bridgehead atoms. The zero-order valence-corrected chi connectivity index (χ0v) is 9.67. The van der Waals surface area contributed by atoms with E-state index in [9.17, 15) is 14.7 Å². The first-order chi connectivity index (χ1) is 8.50. The van der Waals surface area contributed by atoms with Gasteiger partial charge in [0.15, 0.2) is 11.5 Å². The van der Waals surface area contributed by atoms with Crippen LogP contribution >= 0.6 is 0 Å². The lowest BCUT2D eigenvalue weighted by molar-refractivity contribution is -0.133. The highest BCUT2D eigenvalue weighted by atomic mass is 16.4. The van der Waals surface area contributed by atoms with Gasteiger partial charge in [-0.1, -0.05) is 24.3 Å². The number of ketones is 1. The number of Topliss-reactive ketones (excluding diaryl/α,β-unsaturated/α-hetero) is 1. The van der Waals surface area contributed by atoms with Gasteiger partial charge in [-0.25, -0.2) is 9.79 Å². The fraction of sp³-hybridized carbons (Fsp3) is 0.154. The Balaban J connectivity index is 2.55. The highest BCUT2D eigenvalue weighted by molar-refractivity contribution is 6.20. The van der Waals surface area contributed by atoms with E-state index in [1.54, 1.807) is 12.1 Å². The largest absolute Gasteiger partial charge is 0.503 e. The summed E-state index contributed by atoms with van der Waals surface area (Å²) in [5.41, 5.74) is 1.39. The van der Waals surface area contributed by atoms with Gasteiger partial charge in [0.1, 0.15) is 0 Å². The van der Waals surface area contributed by atoms with Crippen molar-refractivity contribution in [3.63, 3.8) is 0 Å². The molecule has 5 heteroatoms. The third kappa shape index (κ3) is 2.02. The molecule has 1 aromatic carbocycles. The van der Waals surface area contributed by atoms with Crippen LogP contribution in [0.3, 0.4) is 0 Å². The van der Waals surface area contributed by atoms with Crippen molar-refractivity contribution in [3.05, 3.63) is 46.8 Å². The third-order valence-electron chi connectivity index (χ3n) is 2.72. The Morgan fingerprint density at radius 2 is 2.00 bits per heavy atom. The molecule has 0 atom stereocenters. The van der Waals surface area contributed by atoms with Crippen molar-refractivity contribution in [1.29, 1.82) is 0 Å². The van der Waals surface area contributed by atoms with Crippen molar-refractivity contribution in [2.75, 3.05) is 0 Å². The number of aliphatic imine (C=N–C) groups is 1. The first kappa shape index (κ1) is 12.0. The Morgan fingerprint density at radius 1 is 1.33 bits per heavy atom. The molecule has 1 aromatic rings. The Bertz CT molecular complexity index is 599. The molecule has 1 aliphatic heterocycles. The van der Waals surface area contributed by atoms with Crippen LogP contribution in [0, 0.1) is 6.92 Å². The number of benzene rings is 1. The summed E-state index contributed by atoms with van der Waals surface area (Å²) in [5.74, 6) is -2.81. The number of hydrogen-bond donors (Lipinski definition) is 2. The van der Waals surface area contributed by atoms with Crippen LogP contribution in [0.5, 0.6) is 0 Å². The molecule has 0 saturated heterocycles. The summed E-state index contributed by atoms with van der Waals surface area (Å²) >= 11 is 0. The molecule has 0 fully saturated rings. The number of aliphatic carboxylic acids is 1. The van der Waals surface area contributed by atoms with Crippen LogP contribution in [-0.4, -0.2) is 27.7 Å². The minimum atomic E-state index is -1.41. The van der Waals surface area contributed by atoms with Crippen molar-refractivity contribution < 1.29 is 19.8 Å². The SMILES string of the molecule is Cc1ccccc1C1=NC(C(=O)O)=C(O)C(=O)C1. The van der Waals surface area contributed by atoms with E-state index in [-0.39, 0.29) is 6.42 Å². The van der Waals surface area contributed by atoms with Gasteiger partial charge in [-0.15, -0.1) is 0 Å². The van der Waals surface area contributed by atoms with Gasteiger partial charge in [0.25, 0.3) is 0 Å². The Kier molecular flexibility index (Phi) is 2.97. The highest BCUT2D eigenvalue weighted by Gasteiger charge is 2.27. The lowest BCUT2D eigenvalue weighted by atomic mass is 9.97. The van der Waals surface area contributed by atoms with E-state index < -0.39 is 23.2 Å². The van der Waals surface area contributed by atoms with Crippen LogP contribution in [0.25, 0.3) is 0 Å². The maximum absolute atomic E-state index is 11.6. The van der Waals surface area contributed by atoms with Crippen LogP contribution in [0.2, 0.25) is 0 Å². The summed E-state index contributed by atoms with van der Waals surface area (Å²) in [6, 6.07) is 7.24. The average molecular weight is 245 g/mol. The second-order valence-corrected chi connectivity index (χ2v) is 3.98. The standard InChI is InChI=1S/C13H11NO4/c1-7-4-2-3-5-8(7)9-6-10(15)12(16)11(14-9)13(17)18/h2-5,16H,6H2,1H3,(H,17,18). The van der Waals surface area contributed by atoms with E-state index in [1.165, 1.54) is 0 Å². The van der Waals surface area contributed by atoms with Crippen molar-refractivity contribution >= 4 is 17.5 Å². The van der Waals surface area contributed by atoms with Gasteiger partial charge in [0, 0.05) is 0 Å². The summed E-state index contributed by atoms with van der Waals surface area (Å²) in [5, 5.41) is 18.3. The topological polar surface area (TPSA) is 87.0 Å². The molecule has 5 nitrogen and oxygen atoms in total. The molecule has 92 valence electrons. The van der Waals surface area contributed by atoms with Gasteiger partial charge in [-0.2, -0.15) is 0 Å². The van der Waals surface area contributed by atoms with E-state index in [4.69, 9.17) is 5.11 Å². The first-order valence-corrected chi connectivity index (χ1v) is 5.34. The smallest absolute Gasteiger partial charge is 0.358 e. The molecular weight excluding hydrogens is 234 g/mol. The number of carboxylic acid groups (broad SMARTS) is 1. The van der Waals surface area contributed by atoms with Gasteiger partial charge in [-0.3, -0.25) is 4.79 Å². The molecule has 2 N–H and O–H groups in total.